The van der Waals surface area contributed by atoms with Crippen LogP contribution in [0, 0.1) is 19.8 Å². The molecule has 0 radical (unpaired) electrons. The molecule has 2 atom stereocenters. The molecule has 1 aliphatic rings. The number of methoxy groups -OCH3 is 1. The minimum absolute atomic E-state index is 0.0468. The predicted octanol–water partition coefficient (Wildman–Crippen LogP) is 3.17. The van der Waals surface area contributed by atoms with E-state index in [4.69, 9.17) is 4.74 Å². The van der Waals surface area contributed by atoms with Crippen molar-refractivity contribution >= 4 is 10.0 Å². The van der Waals surface area contributed by atoms with Crippen LogP contribution in [0.2, 0.25) is 0 Å². The Labute approximate surface area is 127 Å². The molecule has 0 saturated heterocycles. The van der Waals surface area contributed by atoms with Crippen LogP contribution >= 0.6 is 0 Å². The minimum atomic E-state index is -3.48. The topological polar surface area (TPSA) is 55.4 Å². The SMILES string of the molecule is COc1cc(C)c(S(=O)(=O)N[C@@H]2CCCC[C@@H]2C)cc1C. The van der Waals surface area contributed by atoms with E-state index >= 15 is 0 Å². The summed E-state index contributed by atoms with van der Waals surface area (Å²) >= 11 is 0. The number of aryl methyl sites for hydroxylation is 2. The first-order chi connectivity index (χ1) is 9.85. The van der Waals surface area contributed by atoms with E-state index in [0.29, 0.717) is 16.4 Å². The van der Waals surface area contributed by atoms with Crippen molar-refractivity contribution in [1.82, 2.24) is 4.72 Å². The van der Waals surface area contributed by atoms with Gasteiger partial charge < -0.3 is 4.74 Å². The number of hydrogen-bond donors (Lipinski definition) is 1. The second kappa shape index (κ2) is 6.36. The predicted molar refractivity (Wildman–Crippen MR) is 84.2 cm³/mol. The summed E-state index contributed by atoms with van der Waals surface area (Å²) in [5, 5.41) is 0. The van der Waals surface area contributed by atoms with Gasteiger partial charge in [-0.2, -0.15) is 0 Å². The van der Waals surface area contributed by atoms with E-state index in [2.05, 4.69) is 11.6 Å². The zero-order valence-electron chi connectivity index (χ0n) is 13.3. The van der Waals surface area contributed by atoms with Crippen molar-refractivity contribution in [3.63, 3.8) is 0 Å². The van der Waals surface area contributed by atoms with E-state index in [-0.39, 0.29) is 6.04 Å². The van der Waals surface area contributed by atoms with Gasteiger partial charge in [0.1, 0.15) is 5.75 Å². The first-order valence-corrected chi connectivity index (χ1v) is 9.01. The molecular weight excluding hydrogens is 286 g/mol. The van der Waals surface area contributed by atoms with E-state index in [1.807, 2.05) is 6.92 Å². The molecule has 1 aliphatic carbocycles. The first kappa shape index (κ1) is 16.3. The van der Waals surface area contributed by atoms with E-state index in [0.717, 1.165) is 30.6 Å². The molecule has 21 heavy (non-hydrogen) atoms. The maximum absolute atomic E-state index is 12.7. The Morgan fingerprint density at radius 3 is 2.43 bits per heavy atom. The van der Waals surface area contributed by atoms with Gasteiger partial charge in [-0.15, -0.1) is 0 Å². The highest BCUT2D eigenvalue weighted by Crippen LogP contribution is 2.28. The summed E-state index contributed by atoms with van der Waals surface area (Å²) < 4.78 is 33.5. The van der Waals surface area contributed by atoms with Gasteiger partial charge in [-0.3, -0.25) is 0 Å². The van der Waals surface area contributed by atoms with E-state index in [9.17, 15) is 8.42 Å². The molecule has 0 amide bonds. The van der Waals surface area contributed by atoms with Crippen molar-refractivity contribution in [2.24, 2.45) is 5.92 Å². The summed E-state index contributed by atoms with van der Waals surface area (Å²) in [7, 11) is -1.88. The third-order valence-corrected chi connectivity index (χ3v) is 6.03. The van der Waals surface area contributed by atoms with Crippen molar-refractivity contribution in [3.8, 4) is 5.75 Å². The summed E-state index contributed by atoms with van der Waals surface area (Å²) in [6.45, 7) is 5.79. The molecule has 5 heteroatoms. The lowest BCUT2D eigenvalue weighted by atomic mass is 9.87. The van der Waals surface area contributed by atoms with Crippen LogP contribution in [0.1, 0.15) is 43.7 Å². The highest BCUT2D eigenvalue weighted by molar-refractivity contribution is 7.89. The summed E-state index contributed by atoms with van der Waals surface area (Å²) in [5.41, 5.74) is 1.55. The first-order valence-electron chi connectivity index (χ1n) is 7.52. The zero-order chi connectivity index (χ0) is 15.6. The molecule has 0 heterocycles. The van der Waals surface area contributed by atoms with E-state index < -0.39 is 10.0 Å². The highest BCUT2D eigenvalue weighted by Gasteiger charge is 2.28. The smallest absolute Gasteiger partial charge is 0.241 e. The average molecular weight is 311 g/mol. The second-order valence-electron chi connectivity index (χ2n) is 6.08. The summed E-state index contributed by atoms with van der Waals surface area (Å²) in [4.78, 5) is 0.360. The Balaban J connectivity index is 2.29. The number of sulfonamides is 1. The van der Waals surface area contributed by atoms with Crippen LogP contribution in [0.25, 0.3) is 0 Å². The largest absolute Gasteiger partial charge is 0.496 e. The molecule has 118 valence electrons. The molecule has 1 aromatic rings. The van der Waals surface area contributed by atoms with Crippen LogP contribution in [0.15, 0.2) is 17.0 Å². The lowest BCUT2D eigenvalue weighted by molar-refractivity contribution is 0.310. The van der Waals surface area contributed by atoms with Gasteiger partial charge in [0, 0.05) is 6.04 Å². The third-order valence-electron chi connectivity index (χ3n) is 4.40. The van der Waals surface area contributed by atoms with Crippen molar-refractivity contribution < 1.29 is 13.2 Å². The van der Waals surface area contributed by atoms with Gasteiger partial charge in [0.2, 0.25) is 10.0 Å². The Morgan fingerprint density at radius 1 is 1.14 bits per heavy atom. The van der Waals surface area contributed by atoms with Crippen molar-refractivity contribution in [2.45, 2.75) is 57.4 Å². The standard InChI is InChI=1S/C16H25NO3S/c1-11-7-5-6-8-14(11)17-21(18,19)16-10-12(2)15(20-4)9-13(16)3/h9-11,14,17H,5-8H2,1-4H3/t11-,14+/m0/s1. The van der Waals surface area contributed by atoms with Crippen molar-refractivity contribution in [3.05, 3.63) is 23.3 Å². The number of nitrogens with one attached hydrogen (secondary N) is 1. The van der Waals surface area contributed by atoms with Crippen LogP contribution in [-0.2, 0) is 10.0 Å². The lowest BCUT2D eigenvalue weighted by Crippen LogP contribution is -2.41. The molecule has 0 bridgehead atoms. The highest BCUT2D eigenvalue weighted by atomic mass is 32.2. The van der Waals surface area contributed by atoms with Crippen molar-refractivity contribution in [2.75, 3.05) is 7.11 Å². The normalized spacial score (nSPS) is 23.0. The van der Waals surface area contributed by atoms with Gasteiger partial charge in [0.15, 0.2) is 0 Å². The molecule has 0 spiro atoms. The fourth-order valence-corrected chi connectivity index (χ4v) is 4.72. The van der Waals surface area contributed by atoms with Gasteiger partial charge in [0.25, 0.3) is 0 Å². The Morgan fingerprint density at radius 2 is 1.81 bits per heavy atom. The molecule has 1 N–H and O–H groups in total. The quantitative estimate of drug-likeness (QED) is 0.929. The number of benzene rings is 1. The van der Waals surface area contributed by atoms with Crippen LogP contribution in [-0.4, -0.2) is 21.6 Å². The van der Waals surface area contributed by atoms with Crippen LogP contribution in [0.4, 0.5) is 0 Å². The zero-order valence-corrected chi connectivity index (χ0v) is 14.1. The van der Waals surface area contributed by atoms with Gasteiger partial charge in [-0.1, -0.05) is 19.8 Å². The average Bonchev–Trinajstić information content (AvgIpc) is 2.43. The summed E-state index contributed by atoms with van der Waals surface area (Å²) in [5.74, 6) is 1.12. The Hall–Kier alpha value is -1.07. The van der Waals surface area contributed by atoms with Gasteiger partial charge in [0.05, 0.1) is 12.0 Å². The minimum Gasteiger partial charge on any atom is -0.496 e. The van der Waals surface area contributed by atoms with Crippen LogP contribution in [0.3, 0.4) is 0 Å². The molecule has 1 aromatic carbocycles. The van der Waals surface area contributed by atoms with Crippen molar-refractivity contribution in [1.29, 1.82) is 0 Å². The van der Waals surface area contributed by atoms with E-state index in [1.54, 1.807) is 26.2 Å². The fraction of sp³-hybridized carbons (Fsp3) is 0.625. The molecule has 1 fully saturated rings. The number of hydrogen-bond acceptors (Lipinski definition) is 3. The van der Waals surface area contributed by atoms with Gasteiger partial charge >= 0.3 is 0 Å². The second-order valence-corrected chi connectivity index (χ2v) is 7.76. The number of ether oxygens (including phenoxy) is 1. The molecule has 0 aromatic heterocycles. The van der Waals surface area contributed by atoms with E-state index in [1.165, 1.54) is 6.42 Å². The van der Waals surface area contributed by atoms with Crippen LogP contribution < -0.4 is 9.46 Å². The molecular formula is C16H25NO3S. The lowest BCUT2D eigenvalue weighted by Gasteiger charge is -2.29. The Bertz CT molecular complexity index is 610. The third kappa shape index (κ3) is 3.58. The number of rotatable bonds is 4. The van der Waals surface area contributed by atoms with Gasteiger partial charge in [-0.25, -0.2) is 13.1 Å². The summed E-state index contributed by atoms with van der Waals surface area (Å²) in [6, 6.07) is 3.53. The monoisotopic (exact) mass is 311 g/mol. The molecule has 4 nitrogen and oxygen atoms in total. The molecule has 0 unspecified atom stereocenters. The fourth-order valence-electron chi connectivity index (χ4n) is 3.03. The summed E-state index contributed by atoms with van der Waals surface area (Å²) in [6.07, 6.45) is 4.31. The van der Waals surface area contributed by atoms with Crippen LogP contribution in [0.5, 0.6) is 5.75 Å². The molecule has 1 saturated carbocycles. The Kier molecular flexibility index (Phi) is 4.94. The molecule has 0 aliphatic heterocycles. The maximum atomic E-state index is 12.7. The molecule has 2 rings (SSSR count). The van der Waals surface area contributed by atoms with Gasteiger partial charge in [-0.05, 0) is 55.9 Å². The maximum Gasteiger partial charge on any atom is 0.241 e.